The summed E-state index contributed by atoms with van der Waals surface area (Å²) in [5.74, 6) is -0.420. The fourth-order valence-corrected chi connectivity index (χ4v) is 4.16. The number of nitrogens with zero attached hydrogens (tertiary/aromatic N) is 3. The van der Waals surface area contributed by atoms with Crippen molar-refractivity contribution in [2.45, 2.75) is 26.7 Å². The quantitative estimate of drug-likeness (QED) is 0.537. The zero-order chi connectivity index (χ0) is 23.4. The van der Waals surface area contributed by atoms with Crippen molar-refractivity contribution < 1.29 is 23.9 Å². The van der Waals surface area contributed by atoms with Gasteiger partial charge >= 0.3 is 11.9 Å². The highest BCUT2D eigenvalue weighted by Crippen LogP contribution is 2.23. The number of hydrogen-bond acceptors (Lipinski definition) is 6. The average molecular weight is 450 g/mol. The SMILES string of the molecule is CCOC(=O)C1CCN(C(=O)COC(=O)c2ccc3c(c2)nc(C)n3-c2ccccc2)CC1. The van der Waals surface area contributed by atoms with E-state index in [2.05, 4.69) is 4.98 Å². The number of piperidine rings is 1. The Balaban J connectivity index is 1.37. The molecule has 3 aromatic rings. The van der Waals surface area contributed by atoms with Crippen LogP contribution < -0.4 is 0 Å². The number of para-hydroxylation sites is 1. The number of ether oxygens (including phenoxy) is 2. The second-order valence-corrected chi connectivity index (χ2v) is 8.02. The number of amides is 1. The molecule has 0 bridgehead atoms. The fourth-order valence-electron chi connectivity index (χ4n) is 4.16. The Kier molecular flexibility index (Phi) is 6.72. The molecule has 8 heteroatoms. The molecular weight excluding hydrogens is 422 g/mol. The Hall–Kier alpha value is -3.68. The van der Waals surface area contributed by atoms with E-state index in [9.17, 15) is 14.4 Å². The summed E-state index contributed by atoms with van der Waals surface area (Å²) in [5.41, 5.74) is 2.90. The van der Waals surface area contributed by atoms with Crippen molar-refractivity contribution in [3.05, 3.63) is 59.9 Å². The van der Waals surface area contributed by atoms with E-state index in [-0.39, 0.29) is 24.4 Å². The monoisotopic (exact) mass is 449 g/mol. The summed E-state index contributed by atoms with van der Waals surface area (Å²) < 4.78 is 12.3. The second-order valence-electron chi connectivity index (χ2n) is 8.02. The van der Waals surface area contributed by atoms with Gasteiger partial charge in [0.2, 0.25) is 0 Å². The molecular formula is C25H27N3O5. The number of hydrogen-bond donors (Lipinski definition) is 0. The van der Waals surface area contributed by atoms with Gasteiger partial charge < -0.3 is 14.4 Å². The Morgan fingerprint density at radius 2 is 1.76 bits per heavy atom. The summed E-state index contributed by atoms with van der Waals surface area (Å²) in [6.07, 6.45) is 1.11. The number of aromatic nitrogens is 2. The predicted octanol–water partition coefficient (Wildman–Crippen LogP) is 3.29. The molecule has 33 heavy (non-hydrogen) atoms. The minimum Gasteiger partial charge on any atom is -0.466 e. The van der Waals surface area contributed by atoms with Gasteiger partial charge in [0.1, 0.15) is 5.82 Å². The van der Waals surface area contributed by atoms with E-state index >= 15 is 0 Å². The first-order chi connectivity index (χ1) is 16.0. The molecule has 0 saturated carbocycles. The Morgan fingerprint density at radius 1 is 1.03 bits per heavy atom. The number of benzene rings is 2. The van der Waals surface area contributed by atoms with Crippen molar-refractivity contribution in [3.63, 3.8) is 0 Å². The molecule has 0 atom stereocenters. The lowest BCUT2D eigenvalue weighted by atomic mass is 9.97. The number of carbonyl (C=O) groups is 3. The first-order valence-electron chi connectivity index (χ1n) is 11.1. The minimum atomic E-state index is -0.571. The molecule has 2 heterocycles. The Labute approximate surface area is 192 Å². The van der Waals surface area contributed by atoms with Gasteiger partial charge in [-0.15, -0.1) is 0 Å². The summed E-state index contributed by atoms with van der Waals surface area (Å²) in [6.45, 7) is 4.60. The highest BCUT2D eigenvalue weighted by Gasteiger charge is 2.28. The van der Waals surface area contributed by atoms with E-state index in [4.69, 9.17) is 9.47 Å². The van der Waals surface area contributed by atoms with Gasteiger partial charge in [0.15, 0.2) is 6.61 Å². The number of aryl methyl sites for hydroxylation is 1. The molecule has 1 saturated heterocycles. The van der Waals surface area contributed by atoms with Gasteiger partial charge in [-0.3, -0.25) is 14.2 Å². The van der Waals surface area contributed by atoms with E-state index in [1.165, 1.54) is 0 Å². The number of imidazole rings is 1. The number of rotatable bonds is 6. The maximum absolute atomic E-state index is 12.6. The van der Waals surface area contributed by atoms with Crippen molar-refractivity contribution in [1.29, 1.82) is 0 Å². The number of likely N-dealkylation sites (tertiary alicyclic amines) is 1. The maximum atomic E-state index is 12.6. The van der Waals surface area contributed by atoms with Crippen LogP contribution in [-0.2, 0) is 19.1 Å². The van der Waals surface area contributed by atoms with Crippen LogP contribution in [0.5, 0.6) is 0 Å². The molecule has 1 aromatic heterocycles. The van der Waals surface area contributed by atoms with Crippen LogP contribution in [0.25, 0.3) is 16.7 Å². The number of esters is 2. The first kappa shape index (κ1) is 22.5. The number of carbonyl (C=O) groups excluding carboxylic acids is 3. The number of fused-ring (bicyclic) bond motifs is 1. The van der Waals surface area contributed by atoms with Crippen LogP contribution in [0.15, 0.2) is 48.5 Å². The lowest BCUT2D eigenvalue weighted by Crippen LogP contribution is -2.42. The van der Waals surface area contributed by atoms with Crippen LogP contribution >= 0.6 is 0 Å². The molecule has 1 fully saturated rings. The lowest BCUT2D eigenvalue weighted by Gasteiger charge is -2.30. The summed E-state index contributed by atoms with van der Waals surface area (Å²) in [6, 6.07) is 15.1. The lowest BCUT2D eigenvalue weighted by molar-refractivity contribution is -0.151. The molecule has 1 aliphatic rings. The third-order valence-corrected chi connectivity index (χ3v) is 5.87. The summed E-state index contributed by atoms with van der Waals surface area (Å²) >= 11 is 0. The normalized spacial score (nSPS) is 14.3. The van der Waals surface area contributed by atoms with Gasteiger partial charge in [0.05, 0.1) is 29.1 Å². The highest BCUT2D eigenvalue weighted by molar-refractivity contribution is 5.95. The van der Waals surface area contributed by atoms with Crippen molar-refractivity contribution in [3.8, 4) is 5.69 Å². The van der Waals surface area contributed by atoms with Gasteiger partial charge in [-0.25, -0.2) is 9.78 Å². The van der Waals surface area contributed by atoms with Crippen molar-refractivity contribution in [2.75, 3.05) is 26.3 Å². The van der Waals surface area contributed by atoms with Crippen LogP contribution in [0.2, 0.25) is 0 Å². The third-order valence-electron chi connectivity index (χ3n) is 5.87. The molecule has 0 spiro atoms. The van der Waals surface area contributed by atoms with Gasteiger partial charge in [-0.1, -0.05) is 18.2 Å². The van der Waals surface area contributed by atoms with Crippen LogP contribution in [0, 0.1) is 12.8 Å². The van der Waals surface area contributed by atoms with E-state index in [1.807, 2.05) is 47.9 Å². The maximum Gasteiger partial charge on any atom is 0.338 e. The molecule has 1 aliphatic heterocycles. The molecule has 0 unspecified atom stereocenters. The zero-order valence-corrected chi connectivity index (χ0v) is 18.8. The standard InChI is InChI=1S/C25H27N3O5/c1-3-32-24(30)18-11-13-27(14-12-18)23(29)16-33-25(31)19-9-10-22-21(15-19)26-17(2)28(22)20-7-5-4-6-8-20/h4-10,15,18H,3,11-14,16H2,1-2H3. The van der Waals surface area contributed by atoms with Gasteiger partial charge in [0.25, 0.3) is 5.91 Å². The van der Waals surface area contributed by atoms with Gasteiger partial charge in [-0.05, 0) is 57.0 Å². The molecule has 0 radical (unpaired) electrons. The Morgan fingerprint density at radius 3 is 2.45 bits per heavy atom. The van der Waals surface area contributed by atoms with Crippen molar-refractivity contribution in [2.24, 2.45) is 5.92 Å². The third kappa shape index (κ3) is 4.89. The van der Waals surface area contributed by atoms with E-state index in [0.29, 0.717) is 43.6 Å². The fraction of sp³-hybridized carbons (Fsp3) is 0.360. The topological polar surface area (TPSA) is 90.7 Å². The predicted molar refractivity (Wildman–Crippen MR) is 122 cm³/mol. The second kappa shape index (κ2) is 9.85. The largest absolute Gasteiger partial charge is 0.466 e. The van der Waals surface area contributed by atoms with Crippen LogP contribution in [0.1, 0.15) is 35.9 Å². The smallest absolute Gasteiger partial charge is 0.338 e. The van der Waals surface area contributed by atoms with E-state index in [1.54, 1.807) is 24.0 Å². The molecule has 172 valence electrons. The van der Waals surface area contributed by atoms with E-state index in [0.717, 1.165) is 17.0 Å². The molecule has 2 aromatic carbocycles. The van der Waals surface area contributed by atoms with Crippen LogP contribution in [0.4, 0.5) is 0 Å². The summed E-state index contributed by atoms with van der Waals surface area (Å²) in [4.78, 5) is 43.1. The van der Waals surface area contributed by atoms with Crippen LogP contribution in [-0.4, -0.2) is 58.6 Å². The average Bonchev–Trinajstić information content (AvgIpc) is 3.17. The molecule has 0 N–H and O–H groups in total. The van der Waals surface area contributed by atoms with E-state index < -0.39 is 5.97 Å². The zero-order valence-electron chi connectivity index (χ0n) is 18.8. The summed E-state index contributed by atoms with van der Waals surface area (Å²) in [5, 5.41) is 0. The first-order valence-corrected chi connectivity index (χ1v) is 11.1. The minimum absolute atomic E-state index is 0.178. The molecule has 8 nitrogen and oxygen atoms in total. The molecule has 1 amide bonds. The van der Waals surface area contributed by atoms with Gasteiger partial charge in [0, 0.05) is 18.8 Å². The molecule has 0 aliphatic carbocycles. The van der Waals surface area contributed by atoms with Crippen molar-refractivity contribution >= 4 is 28.9 Å². The highest BCUT2D eigenvalue weighted by atomic mass is 16.5. The Bertz CT molecular complexity index is 1160. The molecule has 4 rings (SSSR count). The van der Waals surface area contributed by atoms with Crippen molar-refractivity contribution in [1.82, 2.24) is 14.5 Å². The van der Waals surface area contributed by atoms with Gasteiger partial charge in [-0.2, -0.15) is 0 Å². The summed E-state index contributed by atoms with van der Waals surface area (Å²) in [7, 11) is 0. The van der Waals surface area contributed by atoms with Crippen LogP contribution in [0.3, 0.4) is 0 Å².